The van der Waals surface area contributed by atoms with E-state index < -0.39 is 4.92 Å². The van der Waals surface area contributed by atoms with Gasteiger partial charge in [0, 0.05) is 0 Å². The molecule has 1 N–H and O–H groups in total. The predicted octanol–water partition coefficient (Wildman–Crippen LogP) is 2.60. The van der Waals surface area contributed by atoms with Gasteiger partial charge in [0.15, 0.2) is 0 Å². The van der Waals surface area contributed by atoms with Crippen molar-refractivity contribution in [3.63, 3.8) is 0 Å². The fourth-order valence-electron chi connectivity index (χ4n) is 0.663. The number of hydrogen-bond donors (Lipinski definition) is 1. The minimum atomic E-state index is -0.606. The number of para-hydroxylation sites is 1. The van der Waals surface area contributed by atoms with E-state index in [1.807, 2.05) is 0 Å². The summed E-state index contributed by atoms with van der Waals surface area (Å²) in [5, 5.41) is 17.3. The topological polar surface area (TPSA) is 80.4 Å². The van der Waals surface area contributed by atoms with E-state index in [0.29, 0.717) is 0 Å². The van der Waals surface area contributed by atoms with Crippen LogP contribution in [-0.2, 0) is 4.79 Å². The highest BCUT2D eigenvalue weighted by molar-refractivity contribution is 6.38. The van der Waals surface area contributed by atoms with Crippen LogP contribution in [0.4, 0.5) is 5.69 Å². The van der Waals surface area contributed by atoms with E-state index in [2.05, 4.69) is 0 Å². The van der Waals surface area contributed by atoms with E-state index in [1.165, 1.54) is 12.1 Å². The van der Waals surface area contributed by atoms with Crippen molar-refractivity contribution in [2.24, 2.45) is 0 Å². The first-order valence-electron chi connectivity index (χ1n) is 3.20. The van der Waals surface area contributed by atoms with Gasteiger partial charge in [0.25, 0.3) is 6.47 Å². The van der Waals surface area contributed by atoms with Crippen molar-refractivity contribution in [1.82, 2.24) is 0 Å². The number of hydrogen-bond acceptors (Lipinski definition) is 3. The first-order chi connectivity index (χ1) is 6.54. The van der Waals surface area contributed by atoms with Gasteiger partial charge in [0.05, 0.1) is 4.92 Å². The average Bonchev–Trinajstić information content (AvgIpc) is 2.04. The molecule has 1 aromatic carbocycles. The summed E-state index contributed by atoms with van der Waals surface area (Å²) in [5.41, 5.74) is -0.240. The van der Waals surface area contributed by atoms with Gasteiger partial charge in [-0.2, -0.15) is 0 Å². The molecule has 0 aromatic heterocycles. The van der Waals surface area contributed by atoms with Gasteiger partial charge in [-0.25, -0.2) is 0 Å². The lowest BCUT2D eigenvalue weighted by molar-refractivity contribution is -0.384. The third-order valence-corrected chi connectivity index (χ3v) is 1.73. The molecule has 0 aliphatic rings. The standard InChI is InChI=1S/C6H3Cl2NO2.CH2O2/c7-4-2-1-3-5(8)6(4)9(10)11;2-1-3/h1-3H;1H,(H,2,3). The summed E-state index contributed by atoms with van der Waals surface area (Å²) in [7, 11) is 0. The minimum Gasteiger partial charge on any atom is -0.483 e. The molecule has 5 nitrogen and oxygen atoms in total. The Bertz CT molecular complexity index is 322. The Morgan fingerprint density at radius 1 is 1.36 bits per heavy atom. The lowest BCUT2D eigenvalue weighted by Gasteiger charge is -1.95. The van der Waals surface area contributed by atoms with Crippen LogP contribution in [0, 0.1) is 10.1 Å². The molecule has 0 fully saturated rings. The molecule has 0 bridgehead atoms. The van der Waals surface area contributed by atoms with Crippen molar-refractivity contribution >= 4 is 35.4 Å². The van der Waals surface area contributed by atoms with Crippen LogP contribution in [0.3, 0.4) is 0 Å². The smallest absolute Gasteiger partial charge is 0.306 e. The van der Waals surface area contributed by atoms with E-state index >= 15 is 0 Å². The van der Waals surface area contributed by atoms with Crippen molar-refractivity contribution in [3.8, 4) is 0 Å². The van der Waals surface area contributed by atoms with Crippen molar-refractivity contribution in [2.75, 3.05) is 0 Å². The summed E-state index contributed by atoms with van der Waals surface area (Å²) in [6.07, 6.45) is 0. The molecule has 0 heterocycles. The van der Waals surface area contributed by atoms with Crippen LogP contribution < -0.4 is 0 Å². The van der Waals surface area contributed by atoms with Gasteiger partial charge >= 0.3 is 5.69 Å². The summed E-state index contributed by atoms with van der Waals surface area (Å²) in [6.45, 7) is -0.250. The SMILES string of the molecule is O=CO.O=[N+]([O-])c1c(Cl)cccc1Cl. The van der Waals surface area contributed by atoms with Gasteiger partial charge in [-0.1, -0.05) is 29.3 Å². The summed E-state index contributed by atoms with van der Waals surface area (Å²) in [5.74, 6) is 0. The van der Waals surface area contributed by atoms with Crippen LogP contribution in [0.2, 0.25) is 10.0 Å². The number of nitro benzene ring substituents is 1. The highest BCUT2D eigenvalue weighted by Gasteiger charge is 2.15. The number of halogens is 2. The first kappa shape index (κ1) is 12.7. The second-order valence-electron chi connectivity index (χ2n) is 1.93. The minimum absolute atomic E-state index is 0.0579. The second-order valence-corrected chi connectivity index (χ2v) is 2.75. The molecule has 0 radical (unpaired) electrons. The van der Waals surface area contributed by atoms with E-state index in [1.54, 1.807) is 6.07 Å². The van der Waals surface area contributed by atoms with Gasteiger partial charge in [-0.05, 0) is 12.1 Å². The van der Waals surface area contributed by atoms with Crippen LogP contribution in [0.25, 0.3) is 0 Å². The lowest BCUT2D eigenvalue weighted by atomic mass is 10.3. The number of carbonyl (C=O) groups is 1. The fraction of sp³-hybridized carbons (Fsp3) is 0. The van der Waals surface area contributed by atoms with E-state index in [9.17, 15) is 10.1 Å². The van der Waals surface area contributed by atoms with Gasteiger partial charge < -0.3 is 5.11 Å². The zero-order valence-corrected chi connectivity index (χ0v) is 8.20. The van der Waals surface area contributed by atoms with Crippen molar-refractivity contribution < 1.29 is 14.8 Å². The largest absolute Gasteiger partial charge is 0.483 e. The van der Waals surface area contributed by atoms with E-state index in [-0.39, 0.29) is 22.2 Å². The maximum Gasteiger partial charge on any atom is 0.306 e. The molecule has 0 spiro atoms. The van der Waals surface area contributed by atoms with Crippen molar-refractivity contribution in [2.45, 2.75) is 0 Å². The monoisotopic (exact) mass is 237 g/mol. The number of nitro groups is 1. The Morgan fingerprint density at radius 3 is 1.93 bits per heavy atom. The maximum atomic E-state index is 10.3. The van der Waals surface area contributed by atoms with Gasteiger partial charge in [-0.15, -0.1) is 0 Å². The van der Waals surface area contributed by atoms with E-state index in [0.717, 1.165) is 0 Å². The normalized spacial score (nSPS) is 8.43. The van der Waals surface area contributed by atoms with Crippen LogP contribution in [0.15, 0.2) is 18.2 Å². The Morgan fingerprint density at radius 2 is 1.71 bits per heavy atom. The number of carboxylic acid groups (broad SMARTS) is 1. The molecule has 0 unspecified atom stereocenters. The molecule has 1 aromatic rings. The van der Waals surface area contributed by atoms with Crippen molar-refractivity contribution in [3.05, 3.63) is 38.4 Å². The van der Waals surface area contributed by atoms with Crippen molar-refractivity contribution in [1.29, 1.82) is 0 Å². The molecule has 76 valence electrons. The molecule has 0 aliphatic heterocycles. The fourth-order valence-corrected chi connectivity index (χ4v) is 1.20. The third-order valence-electron chi connectivity index (χ3n) is 1.12. The molecule has 0 aliphatic carbocycles. The zero-order valence-electron chi connectivity index (χ0n) is 6.68. The zero-order chi connectivity index (χ0) is 11.1. The Balaban J connectivity index is 0.000000500. The van der Waals surface area contributed by atoms with Crippen LogP contribution in [0.1, 0.15) is 0 Å². The molecule has 0 saturated heterocycles. The summed E-state index contributed by atoms with van der Waals surface area (Å²) in [6, 6.07) is 4.40. The molecule has 0 amide bonds. The average molecular weight is 238 g/mol. The Labute approximate surface area is 89.0 Å². The highest BCUT2D eigenvalue weighted by Crippen LogP contribution is 2.31. The summed E-state index contributed by atoms with van der Waals surface area (Å²) >= 11 is 11.0. The van der Waals surface area contributed by atoms with E-state index in [4.69, 9.17) is 33.1 Å². The van der Waals surface area contributed by atoms with Gasteiger partial charge in [0.1, 0.15) is 10.0 Å². The van der Waals surface area contributed by atoms with Gasteiger partial charge in [0.2, 0.25) is 0 Å². The summed E-state index contributed by atoms with van der Waals surface area (Å²) in [4.78, 5) is 18.0. The molecule has 14 heavy (non-hydrogen) atoms. The number of nitrogens with zero attached hydrogens (tertiary/aromatic N) is 1. The lowest BCUT2D eigenvalue weighted by Crippen LogP contribution is -1.89. The number of benzene rings is 1. The predicted molar refractivity (Wildman–Crippen MR) is 51.8 cm³/mol. The third kappa shape index (κ3) is 3.59. The molecular formula is C7H5Cl2NO4. The van der Waals surface area contributed by atoms with Crippen LogP contribution >= 0.6 is 23.2 Å². The quantitative estimate of drug-likeness (QED) is 0.463. The van der Waals surface area contributed by atoms with Gasteiger partial charge in [-0.3, -0.25) is 14.9 Å². The number of rotatable bonds is 1. The Kier molecular flexibility index (Phi) is 5.59. The second kappa shape index (κ2) is 6.17. The molecular weight excluding hydrogens is 233 g/mol. The first-order valence-corrected chi connectivity index (χ1v) is 3.96. The Hall–Kier alpha value is -1.33. The van der Waals surface area contributed by atoms with Crippen LogP contribution in [0.5, 0.6) is 0 Å². The molecule has 1 rings (SSSR count). The molecule has 7 heteroatoms. The highest BCUT2D eigenvalue weighted by atomic mass is 35.5. The summed E-state index contributed by atoms with van der Waals surface area (Å²) < 4.78 is 0. The molecule has 0 saturated carbocycles. The maximum absolute atomic E-state index is 10.3. The van der Waals surface area contributed by atoms with Crippen LogP contribution in [-0.4, -0.2) is 16.5 Å². The molecule has 0 atom stereocenters.